The van der Waals surface area contributed by atoms with Gasteiger partial charge in [-0.15, -0.1) is 0 Å². The SMILES string of the molecule is CCC1CCCC(C2(O)CCCC(C)CC2)C1. The molecule has 4 unspecified atom stereocenters. The van der Waals surface area contributed by atoms with Crippen molar-refractivity contribution in [1.29, 1.82) is 0 Å². The van der Waals surface area contributed by atoms with E-state index in [2.05, 4.69) is 13.8 Å². The maximum Gasteiger partial charge on any atom is 0.0676 e. The van der Waals surface area contributed by atoms with Crippen LogP contribution < -0.4 is 0 Å². The van der Waals surface area contributed by atoms with Crippen molar-refractivity contribution in [3.05, 3.63) is 0 Å². The summed E-state index contributed by atoms with van der Waals surface area (Å²) in [7, 11) is 0. The van der Waals surface area contributed by atoms with Crippen molar-refractivity contribution in [3.63, 3.8) is 0 Å². The van der Waals surface area contributed by atoms with E-state index in [0.29, 0.717) is 5.92 Å². The van der Waals surface area contributed by atoms with E-state index in [1.54, 1.807) is 0 Å². The van der Waals surface area contributed by atoms with Gasteiger partial charge in [0.25, 0.3) is 0 Å². The Bertz CT molecular complexity index is 238. The number of hydrogen-bond donors (Lipinski definition) is 1. The quantitative estimate of drug-likeness (QED) is 0.701. The van der Waals surface area contributed by atoms with Crippen molar-refractivity contribution < 1.29 is 5.11 Å². The first-order valence-corrected chi connectivity index (χ1v) is 7.86. The first-order valence-electron chi connectivity index (χ1n) is 7.86. The van der Waals surface area contributed by atoms with Crippen molar-refractivity contribution in [1.82, 2.24) is 0 Å². The average molecular weight is 238 g/mol. The highest BCUT2D eigenvalue weighted by Gasteiger charge is 2.39. The molecular weight excluding hydrogens is 208 g/mol. The second-order valence-corrected chi connectivity index (χ2v) is 6.78. The summed E-state index contributed by atoms with van der Waals surface area (Å²) in [4.78, 5) is 0. The van der Waals surface area contributed by atoms with Crippen molar-refractivity contribution in [2.75, 3.05) is 0 Å². The molecule has 2 aliphatic rings. The Morgan fingerprint density at radius 1 is 1.06 bits per heavy atom. The minimum absolute atomic E-state index is 0.307. The molecule has 4 atom stereocenters. The summed E-state index contributed by atoms with van der Waals surface area (Å²) in [6.07, 6.45) is 12.6. The molecule has 0 bridgehead atoms. The standard InChI is InChI=1S/C16H30O/c1-3-14-7-4-8-15(12-14)16(17)10-5-6-13(2)9-11-16/h13-15,17H,3-12H2,1-2H3. The molecule has 0 amide bonds. The topological polar surface area (TPSA) is 20.2 Å². The van der Waals surface area contributed by atoms with Gasteiger partial charge in [-0.2, -0.15) is 0 Å². The Balaban J connectivity index is 1.98. The lowest BCUT2D eigenvalue weighted by atomic mass is 9.69. The molecule has 2 saturated carbocycles. The molecule has 100 valence electrons. The molecule has 1 nitrogen and oxygen atoms in total. The third-order valence-corrected chi connectivity index (χ3v) is 5.50. The Morgan fingerprint density at radius 3 is 2.65 bits per heavy atom. The summed E-state index contributed by atoms with van der Waals surface area (Å²) in [6.45, 7) is 4.66. The Kier molecular flexibility index (Phi) is 4.52. The van der Waals surface area contributed by atoms with E-state index in [9.17, 15) is 5.11 Å². The molecular formula is C16H30O. The molecule has 0 aromatic heterocycles. The molecule has 0 aromatic rings. The lowest BCUT2D eigenvalue weighted by Crippen LogP contribution is -2.40. The summed E-state index contributed by atoms with van der Waals surface area (Å²) in [6, 6.07) is 0. The summed E-state index contributed by atoms with van der Waals surface area (Å²) >= 11 is 0. The maximum absolute atomic E-state index is 11.0. The zero-order chi connectivity index (χ0) is 12.3. The van der Waals surface area contributed by atoms with Crippen LogP contribution in [-0.4, -0.2) is 10.7 Å². The van der Waals surface area contributed by atoms with E-state index in [4.69, 9.17) is 0 Å². The monoisotopic (exact) mass is 238 g/mol. The van der Waals surface area contributed by atoms with E-state index < -0.39 is 0 Å². The van der Waals surface area contributed by atoms with Crippen LogP contribution in [-0.2, 0) is 0 Å². The Morgan fingerprint density at radius 2 is 1.88 bits per heavy atom. The molecule has 0 aromatic carbocycles. The van der Waals surface area contributed by atoms with Gasteiger partial charge in [0.15, 0.2) is 0 Å². The minimum atomic E-state index is -0.307. The second kappa shape index (κ2) is 5.73. The fraction of sp³-hybridized carbons (Fsp3) is 1.00. The largest absolute Gasteiger partial charge is 0.390 e. The molecule has 2 aliphatic carbocycles. The van der Waals surface area contributed by atoms with Gasteiger partial charge in [0.05, 0.1) is 5.60 Å². The van der Waals surface area contributed by atoms with Crippen LogP contribution in [0, 0.1) is 17.8 Å². The molecule has 0 radical (unpaired) electrons. The smallest absolute Gasteiger partial charge is 0.0676 e. The zero-order valence-electron chi connectivity index (χ0n) is 11.8. The summed E-state index contributed by atoms with van der Waals surface area (Å²) < 4.78 is 0. The fourth-order valence-electron chi connectivity index (χ4n) is 4.08. The third-order valence-electron chi connectivity index (χ3n) is 5.50. The van der Waals surface area contributed by atoms with Gasteiger partial charge in [0.2, 0.25) is 0 Å². The molecule has 2 rings (SSSR count). The van der Waals surface area contributed by atoms with Crippen LogP contribution in [0.15, 0.2) is 0 Å². The molecule has 0 saturated heterocycles. The van der Waals surface area contributed by atoms with E-state index in [1.165, 1.54) is 51.4 Å². The van der Waals surface area contributed by atoms with Gasteiger partial charge < -0.3 is 5.11 Å². The van der Waals surface area contributed by atoms with Crippen molar-refractivity contribution in [2.45, 2.75) is 83.7 Å². The van der Waals surface area contributed by atoms with Crippen LogP contribution in [0.1, 0.15) is 78.1 Å². The van der Waals surface area contributed by atoms with E-state index in [0.717, 1.165) is 24.7 Å². The van der Waals surface area contributed by atoms with Gasteiger partial charge in [-0.05, 0) is 49.9 Å². The number of hydrogen-bond acceptors (Lipinski definition) is 1. The molecule has 1 N–H and O–H groups in total. The van der Waals surface area contributed by atoms with E-state index in [-0.39, 0.29) is 5.60 Å². The molecule has 0 aliphatic heterocycles. The normalized spacial score (nSPS) is 44.3. The first kappa shape index (κ1) is 13.4. The summed E-state index contributed by atoms with van der Waals surface area (Å²) in [5.74, 6) is 2.32. The highest BCUT2D eigenvalue weighted by Crippen LogP contribution is 2.43. The van der Waals surface area contributed by atoms with Crippen LogP contribution in [0.3, 0.4) is 0 Å². The third kappa shape index (κ3) is 3.24. The van der Waals surface area contributed by atoms with E-state index in [1.807, 2.05) is 0 Å². The lowest BCUT2D eigenvalue weighted by Gasteiger charge is -2.40. The highest BCUT2D eigenvalue weighted by molar-refractivity contribution is 4.91. The van der Waals surface area contributed by atoms with Crippen molar-refractivity contribution in [2.24, 2.45) is 17.8 Å². The van der Waals surface area contributed by atoms with Crippen LogP contribution in [0.4, 0.5) is 0 Å². The van der Waals surface area contributed by atoms with Gasteiger partial charge in [0, 0.05) is 0 Å². The highest BCUT2D eigenvalue weighted by atomic mass is 16.3. The average Bonchev–Trinajstić information content (AvgIpc) is 2.53. The Hall–Kier alpha value is -0.0400. The predicted molar refractivity (Wildman–Crippen MR) is 72.9 cm³/mol. The van der Waals surface area contributed by atoms with Gasteiger partial charge in [-0.25, -0.2) is 0 Å². The van der Waals surface area contributed by atoms with Gasteiger partial charge in [-0.1, -0.05) is 46.0 Å². The van der Waals surface area contributed by atoms with Gasteiger partial charge in [0.1, 0.15) is 0 Å². The molecule has 2 fully saturated rings. The van der Waals surface area contributed by atoms with Crippen LogP contribution >= 0.6 is 0 Å². The van der Waals surface area contributed by atoms with E-state index >= 15 is 0 Å². The second-order valence-electron chi connectivity index (χ2n) is 6.78. The Labute approximate surface area is 107 Å². The molecule has 17 heavy (non-hydrogen) atoms. The van der Waals surface area contributed by atoms with Crippen molar-refractivity contribution in [3.8, 4) is 0 Å². The molecule has 1 heteroatoms. The fourth-order valence-corrected chi connectivity index (χ4v) is 4.08. The predicted octanol–water partition coefficient (Wildman–Crippen LogP) is 4.53. The lowest BCUT2D eigenvalue weighted by molar-refractivity contribution is -0.0538. The van der Waals surface area contributed by atoms with Crippen LogP contribution in [0.5, 0.6) is 0 Å². The van der Waals surface area contributed by atoms with Gasteiger partial charge >= 0.3 is 0 Å². The van der Waals surface area contributed by atoms with Crippen LogP contribution in [0.25, 0.3) is 0 Å². The molecule has 0 heterocycles. The first-order chi connectivity index (χ1) is 8.14. The molecule has 0 spiro atoms. The minimum Gasteiger partial charge on any atom is -0.390 e. The summed E-state index contributed by atoms with van der Waals surface area (Å²) in [5, 5.41) is 11.0. The maximum atomic E-state index is 11.0. The zero-order valence-corrected chi connectivity index (χ0v) is 11.8. The van der Waals surface area contributed by atoms with Crippen molar-refractivity contribution >= 4 is 0 Å². The van der Waals surface area contributed by atoms with Gasteiger partial charge in [-0.3, -0.25) is 0 Å². The summed E-state index contributed by atoms with van der Waals surface area (Å²) in [5.41, 5.74) is -0.307. The van der Waals surface area contributed by atoms with Crippen LogP contribution in [0.2, 0.25) is 0 Å². The number of aliphatic hydroxyl groups is 1. The number of rotatable bonds is 2.